The van der Waals surface area contributed by atoms with Gasteiger partial charge in [-0.25, -0.2) is 4.79 Å². The molecule has 0 aromatic rings. The molecule has 4 fully saturated rings. The molecule has 1 saturated heterocycles. The summed E-state index contributed by atoms with van der Waals surface area (Å²) in [4.78, 5) is 10.7. The minimum Gasteiger partial charge on any atom is -0.433 e. The Morgan fingerprint density at radius 3 is 2.62 bits per heavy atom. The second-order valence-corrected chi connectivity index (χ2v) is 6.94. The van der Waals surface area contributed by atoms with E-state index >= 15 is 0 Å². The van der Waals surface area contributed by atoms with Crippen LogP contribution in [-0.4, -0.2) is 31.6 Å². The predicted octanol–water partition coefficient (Wildman–Crippen LogP) is 2.92. The van der Waals surface area contributed by atoms with Crippen molar-refractivity contribution in [3.05, 3.63) is 12.2 Å². The number of rotatable bonds is 3. The summed E-state index contributed by atoms with van der Waals surface area (Å²) in [6, 6.07) is 0. The molecule has 118 valence electrons. The fourth-order valence-corrected chi connectivity index (χ4v) is 4.57. The Bertz CT molecular complexity index is 433. The zero-order valence-electron chi connectivity index (χ0n) is 13.2. The van der Waals surface area contributed by atoms with Gasteiger partial charge in [0.2, 0.25) is 0 Å². The van der Waals surface area contributed by atoms with Crippen molar-refractivity contribution in [3.8, 4) is 0 Å². The lowest BCUT2D eigenvalue weighted by molar-refractivity contribution is -0.164. The Morgan fingerprint density at radius 2 is 2.00 bits per heavy atom. The minimum atomic E-state index is -0.496. The molecule has 21 heavy (non-hydrogen) atoms. The van der Waals surface area contributed by atoms with E-state index in [9.17, 15) is 4.79 Å². The molecule has 7 unspecified atom stereocenters. The second-order valence-electron chi connectivity index (χ2n) is 6.94. The molecule has 7 atom stereocenters. The fourth-order valence-electron chi connectivity index (χ4n) is 4.57. The van der Waals surface area contributed by atoms with E-state index in [4.69, 9.17) is 9.47 Å². The molecule has 4 aliphatic rings. The monoisotopic (exact) mass is 294 g/mol. The maximum Gasteiger partial charge on any atom is 0.335 e. The molecule has 3 aliphatic carbocycles. The summed E-state index contributed by atoms with van der Waals surface area (Å²) in [6.07, 6.45) is 7.04. The summed E-state index contributed by atoms with van der Waals surface area (Å²) >= 11 is 0. The van der Waals surface area contributed by atoms with Crippen LogP contribution in [0.25, 0.3) is 0 Å². The van der Waals surface area contributed by atoms with Crippen LogP contribution in [0.4, 0.5) is 0 Å². The van der Waals surface area contributed by atoms with Gasteiger partial charge in [0.05, 0.1) is 12.2 Å². The first-order valence-electron chi connectivity index (χ1n) is 8.06. The minimum absolute atomic E-state index is 0.379. The van der Waals surface area contributed by atoms with E-state index in [0.717, 1.165) is 35.9 Å². The van der Waals surface area contributed by atoms with Crippen molar-refractivity contribution in [2.75, 3.05) is 7.11 Å². The first kappa shape index (κ1) is 15.0. The van der Waals surface area contributed by atoms with E-state index in [1.807, 2.05) is 0 Å². The van der Waals surface area contributed by atoms with Crippen LogP contribution in [0.15, 0.2) is 12.2 Å². The van der Waals surface area contributed by atoms with Crippen LogP contribution in [0.3, 0.4) is 0 Å². The lowest BCUT2D eigenvalue weighted by Crippen LogP contribution is -2.22. The van der Waals surface area contributed by atoms with Crippen molar-refractivity contribution < 1.29 is 19.0 Å². The van der Waals surface area contributed by atoms with Crippen molar-refractivity contribution in [2.24, 2.45) is 23.7 Å². The van der Waals surface area contributed by atoms with Gasteiger partial charge in [-0.3, -0.25) is 0 Å². The van der Waals surface area contributed by atoms with E-state index in [0.29, 0.717) is 5.57 Å². The Morgan fingerprint density at radius 1 is 1.29 bits per heavy atom. The summed E-state index contributed by atoms with van der Waals surface area (Å²) in [5, 5.41) is 0. The van der Waals surface area contributed by atoms with Crippen molar-refractivity contribution >= 4 is 5.97 Å². The molecule has 2 bridgehead atoms. The summed E-state index contributed by atoms with van der Waals surface area (Å²) in [6.45, 7) is 6.64. The predicted molar refractivity (Wildman–Crippen MR) is 78.5 cm³/mol. The van der Waals surface area contributed by atoms with Gasteiger partial charge in [-0.15, -0.1) is 0 Å². The van der Waals surface area contributed by atoms with Gasteiger partial charge in [0.1, 0.15) is 0 Å². The number of fused-ring (bicyclic) bond motifs is 7. The summed E-state index contributed by atoms with van der Waals surface area (Å²) in [5.74, 6) is 3.93. The van der Waals surface area contributed by atoms with Crippen LogP contribution in [0.2, 0.25) is 0 Å². The van der Waals surface area contributed by atoms with E-state index < -0.39 is 12.3 Å². The third-order valence-electron chi connectivity index (χ3n) is 5.62. The molecule has 0 aromatic heterocycles. The maximum atomic E-state index is 10.7. The quantitative estimate of drug-likeness (QED) is 0.347. The number of ether oxygens (including phenoxy) is 3. The van der Waals surface area contributed by atoms with E-state index in [1.165, 1.54) is 20.0 Å². The average Bonchev–Trinajstić information content (AvgIpc) is 2.84. The highest BCUT2D eigenvalue weighted by atomic mass is 16.7. The Balaban J connectivity index is 0.000000128. The van der Waals surface area contributed by atoms with Crippen molar-refractivity contribution in [1.82, 2.24) is 0 Å². The zero-order valence-corrected chi connectivity index (χ0v) is 13.2. The molecule has 0 amide bonds. The number of epoxide rings is 1. The molecular formula is C17H26O4. The third-order valence-corrected chi connectivity index (χ3v) is 5.62. The number of esters is 1. The molecule has 4 rings (SSSR count). The normalized spacial score (nSPS) is 42.4. The van der Waals surface area contributed by atoms with Crippen LogP contribution in [0.5, 0.6) is 0 Å². The van der Waals surface area contributed by atoms with Gasteiger partial charge >= 0.3 is 5.97 Å². The van der Waals surface area contributed by atoms with Crippen molar-refractivity contribution in [3.63, 3.8) is 0 Å². The van der Waals surface area contributed by atoms with Crippen LogP contribution in [0, 0.1) is 23.7 Å². The second kappa shape index (κ2) is 5.73. The topological polar surface area (TPSA) is 48.1 Å². The lowest BCUT2D eigenvalue weighted by Gasteiger charge is -2.25. The molecule has 3 saturated carbocycles. The van der Waals surface area contributed by atoms with Gasteiger partial charge < -0.3 is 14.2 Å². The first-order valence-corrected chi connectivity index (χ1v) is 8.06. The highest BCUT2D eigenvalue weighted by Gasteiger charge is 2.64. The summed E-state index contributed by atoms with van der Waals surface area (Å²) in [5.41, 5.74) is 0.379. The molecule has 0 N–H and O–H groups in total. The van der Waals surface area contributed by atoms with Gasteiger partial charge in [0, 0.05) is 12.7 Å². The first-order chi connectivity index (χ1) is 10.0. The van der Waals surface area contributed by atoms with Gasteiger partial charge in [0.25, 0.3) is 0 Å². The molecule has 4 heteroatoms. The number of carbonyl (C=O) groups is 1. The number of methoxy groups -OCH3 is 1. The van der Waals surface area contributed by atoms with Crippen molar-refractivity contribution in [2.45, 2.75) is 58.0 Å². The number of carbonyl (C=O) groups excluding carboxylic acids is 1. The average molecular weight is 294 g/mol. The SMILES string of the molecule is C1CC2CC1C1CC3OC3C21.C=C(C)C(=O)OC(C)OC. The third kappa shape index (κ3) is 2.88. The summed E-state index contributed by atoms with van der Waals surface area (Å²) < 4.78 is 15.0. The highest BCUT2D eigenvalue weighted by Crippen LogP contribution is 2.64. The largest absolute Gasteiger partial charge is 0.433 e. The molecular weight excluding hydrogens is 268 g/mol. The van der Waals surface area contributed by atoms with E-state index in [2.05, 4.69) is 11.3 Å². The molecule has 0 spiro atoms. The van der Waals surface area contributed by atoms with Gasteiger partial charge in [-0.1, -0.05) is 6.58 Å². The Kier molecular flexibility index (Phi) is 4.10. The maximum absolute atomic E-state index is 10.7. The van der Waals surface area contributed by atoms with Gasteiger partial charge in [0.15, 0.2) is 6.29 Å². The molecule has 4 nitrogen and oxygen atoms in total. The zero-order chi connectivity index (χ0) is 15.1. The lowest BCUT2D eigenvalue weighted by atomic mass is 9.81. The van der Waals surface area contributed by atoms with Crippen LogP contribution in [-0.2, 0) is 19.0 Å². The number of hydrogen-bond acceptors (Lipinski definition) is 4. The highest BCUT2D eigenvalue weighted by molar-refractivity contribution is 5.86. The standard InChI is InChI=1S/C10H14O.C7H12O3/c1-2-6-3-5(1)7-4-8-10(11-8)9(6)7;1-5(2)7(8)10-6(3)9-4/h5-10H,1-4H2;6H,1H2,2-4H3. The van der Waals surface area contributed by atoms with Crippen LogP contribution in [0.1, 0.15) is 39.5 Å². The molecule has 1 aliphatic heterocycles. The van der Waals surface area contributed by atoms with Gasteiger partial charge in [-0.2, -0.15) is 0 Å². The van der Waals surface area contributed by atoms with Crippen LogP contribution >= 0.6 is 0 Å². The van der Waals surface area contributed by atoms with Crippen molar-refractivity contribution in [1.29, 1.82) is 0 Å². The smallest absolute Gasteiger partial charge is 0.335 e. The Hall–Kier alpha value is -0.870. The van der Waals surface area contributed by atoms with E-state index in [-0.39, 0.29) is 0 Å². The summed E-state index contributed by atoms with van der Waals surface area (Å²) in [7, 11) is 1.47. The Labute approximate surface area is 126 Å². The number of hydrogen-bond donors (Lipinski definition) is 0. The molecule has 0 aromatic carbocycles. The van der Waals surface area contributed by atoms with E-state index in [1.54, 1.807) is 26.7 Å². The van der Waals surface area contributed by atoms with Gasteiger partial charge in [-0.05, 0) is 63.2 Å². The van der Waals surface area contributed by atoms with Crippen LogP contribution < -0.4 is 0 Å². The molecule has 0 radical (unpaired) electrons. The molecule has 1 heterocycles. The fraction of sp³-hybridized carbons (Fsp3) is 0.824.